The summed E-state index contributed by atoms with van der Waals surface area (Å²) in [6.07, 6.45) is 3.73. The minimum absolute atomic E-state index is 0.306. The van der Waals surface area contributed by atoms with E-state index in [1.165, 1.54) is 6.07 Å². The van der Waals surface area contributed by atoms with Crippen molar-refractivity contribution >= 4 is 15.8 Å². The summed E-state index contributed by atoms with van der Waals surface area (Å²) in [5, 5.41) is -0.310. The lowest BCUT2D eigenvalue weighted by molar-refractivity contribution is 0.373. The van der Waals surface area contributed by atoms with E-state index < -0.39 is 10.0 Å². The van der Waals surface area contributed by atoms with Crippen molar-refractivity contribution < 1.29 is 12.8 Å². The van der Waals surface area contributed by atoms with Crippen molar-refractivity contribution in [2.45, 2.75) is 38.4 Å². The number of sulfonamides is 1. The van der Waals surface area contributed by atoms with Crippen molar-refractivity contribution in [3.8, 4) is 0 Å². The Labute approximate surface area is 132 Å². The summed E-state index contributed by atoms with van der Waals surface area (Å²) in [5.74, 6) is -0.0589. The molecule has 2 heterocycles. The molecule has 1 aliphatic heterocycles. The Balaban J connectivity index is 2.04. The predicted octanol–water partition coefficient (Wildman–Crippen LogP) is 2.25. The van der Waals surface area contributed by atoms with Crippen LogP contribution in [0.5, 0.6) is 0 Å². The molecule has 7 heteroatoms. The molecule has 1 aromatic rings. The summed E-state index contributed by atoms with van der Waals surface area (Å²) in [6, 6.07) is 2.93. The molecule has 0 spiro atoms. The first kappa shape index (κ1) is 17.1. The average Bonchev–Trinajstić information content (AvgIpc) is 2.53. The third-order valence-electron chi connectivity index (χ3n) is 4.12. The lowest BCUT2D eigenvalue weighted by Crippen LogP contribution is -2.51. The first-order valence-corrected chi connectivity index (χ1v) is 9.35. The number of pyridine rings is 1. The average molecular weight is 329 g/mol. The fraction of sp³-hybridized carbons (Fsp3) is 0.667. The molecule has 0 radical (unpaired) electrons. The number of nitrogens with zero attached hydrogens (tertiary/aromatic N) is 3. The van der Waals surface area contributed by atoms with Crippen LogP contribution >= 0.6 is 0 Å². The first-order valence-electron chi connectivity index (χ1n) is 7.85. The second kappa shape index (κ2) is 7.37. The van der Waals surface area contributed by atoms with Crippen LogP contribution in [0.25, 0.3) is 0 Å². The van der Waals surface area contributed by atoms with E-state index in [-0.39, 0.29) is 11.1 Å². The van der Waals surface area contributed by atoms with Crippen molar-refractivity contribution in [3.05, 3.63) is 24.1 Å². The number of piperazine rings is 1. The van der Waals surface area contributed by atoms with Gasteiger partial charge in [-0.2, -0.15) is 4.31 Å². The Morgan fingerprint density at radius 3 is 2.50 bits per heavy atom. The Morgan fingerprint density at radius 2 is 1.95 bits per heavy atom. The molecule has 0 aromatic carbocycles. The van der Waals surface area contributed by atoms with Gasteiger partial charge in [0.2, 0.25) is 10.0 Å². The van der Waals surface area contributed by atoms with Crippen molar-refractivity contribution in [1.29, 1.82) is 0 Å². The number of anilines is 1. The molecule has 1 aromatic heterocycles. The van der Waals surface area contributed by atoms with E-state index in [4.69, 9.17) is 0 Å². The second-order valence-electron chi connectivity index (χ2n) is 5.56. The number of halogens is 1. The number of hydrogen-bond donors (Lipinski definition) is 0. The van der Waals surface area contributed by atoms with Gasteiger partial charge in [-0.05, 0) is 25.0 Å². The number of aromatic nitrogens is 1. The smallest absolute Gasteiger partial charge is 0.217 e. The first-order chi connectivity index (χ1) is 10.5. The maximum absolute atomic E-state index is 13.8. The van der Waals surface area contributed by atoms with Crippen LogP contribution in [-0.4, -0.2) is 49.1 Å². The molecular weight excluding hydrogens is 305 g/mol. The molecule has 0 saturated carbocycles. The predicted molar refractivity (Wildman–Crippen MR) is 85.9 cm³/mol. The van der Waals surface area contributed by atoms with Crippen LogP contribution in [0.15, 0.2) is 18.3 Å². The zero-order valence-corrected chi connectivity index (χ0v) is 14.0. The van der Waals surface area contributed by atoms with Crippen molar-refractivity contribution in [2.24, 2.45) is 0 Å². The summed E-state index contributed by atoms with van der Waals surface area (Å²) in [6.45, 7) is 5.62. The van der Waals surface area contributed by atoms with Crippen molar-refractivity contribution in [2.75, 3.05) is 31.1 Å². The van der Waals surface area contributed by atoms with Crippen LogP contribution in [0, 0.1) is 5.82 Å². The standard InChI is InChI=1S/C15H24FN3O2S/c1-3-6-13(4-2)22(20,21)19-11-9-18(10-12-19)15-14(16)7-5-8-17-15/h5,7-8,13H,3-4,6,9-12H2,1-2H3. The molecule has 0 amide bonds. The Bertz CT molecular complexity index is 586. The Morgan fingerprint density at radius 1 is 1.27 bits per heavy atom. The van der Waals surface area contributed by atoms with Crippen LogP contribution in [0.4, 0.5) is 10.2 Å². The van der Waals surface area contributed by atoms with Crippen LogP contribution in [0.1, 0.15) is 33.1 Å². The fourth-order valence-electron chi connectivity index (χ4n) is 2.86. The quantitative estimate of drug-likeness (QED) is 0.803. The molecule has 1 aliphatic rings. The van der Waals surface area contributed by atoms with E-state index in [2.05, 4.69) is 4.98 Å². The molecular formula is C15H24FN3O2S. The van der Waals surface area contributed by atoms with Gasteiger partial charge in [-0.15, -0.1) is 0 Å². The van der Waals surface area contributed by atoms with Gasteiger partial charge in [-0.3, -0.25) is 0 Å². The Hall–Kier alpha value is -1.21. The summed E-state index contributed by atoms with van der Waals surface area (Å²) < 4.78 is 40.6. The van der Waals surface area contributed by atoms with E-state index in [9.17, 15) is 12.8 Å². The van der Waals surface area contributed by atoms with Crippen LogP contribution in [-0.2, 0) is 10.0 Å². The zero-order valence-electron chi connectivity index (χ0n) is 13.2. The van der Waals surface area contributed by atoms with Gasteiger partial charge in [0.25, 0.3) is 0 Å². The lowest BCUT2D eigenvalue weighted by Gasteiger charge is -2.36. The minimum Gasteiger partial charge on any atom is -0.352 e. The molecule has 124 valence electrons. The summed E-state index contributed by atoms with van der Waals surface area (Å²) >= 11 is 0. The molecule has 1 fully saturated rings. The second-order valence-corrected chi connectivity index (χ2v) is 7.77. The van der Waals surface area contributed by atoms with E-state index in [0.29, 0.717) is 44.8 Å². The lowest BCUT2D eigenvalue weighted by atomic mass is 10.2. The normalized spacial score (nSPS) is 18.4. The van der Waals surface area contributed by atoms with E-state index in [1.807, 2.05) is 18.7 Å². The van der Waals surface area contributed by atoms with Gasteiger partial charge in [0, 0.05) is 32.4 Å². The summed E-state index contributed by atoms with van der Waals surface area (Å²) in [5.41, 5.74) is 0. The topological polar surface area (TPSA) is 53.5 Å². The Kier molecular flexibility index (Phi) is 5.74. The highest BCUT2D eigenvalue weighted by atomic mass is 32.2. The largest absolute Gasteiger partial charge is 0.352 e. The molecule has 0 bridgehead atoms. The monoisotopic (exact) mass is 329 g/mol. The maximum atomic E-state index is 13.8. The van der Waals surface area contributed by atoms with Gasteiger partial charge in [0.1, 0.15) is 0 Å². The molecule has 5 nitrogen and oxygen atoms in total. The van der Waals surface area contributed by atoms with Crippen molar-refractivity contribution in [3.63, 3.8) is 0 Å². The highest BCUT2D eigenvalue weighted by Crippen LogP contribution is 2.22. The molecule has 0 N–H and O–H groups in total. The molecule has 0 aliphatic carbocycles. The third-order valence-corrected chi connectivity index (χ3v) is 6.62. The maximum Gasteiger partial charge on any atom is 0.217 e. The van der Waals surface area contributed by atoms with Gasteiger partial charge in [-0.1, -0.05) is 20.3 Å². The number of rotatable bonds is 6. The third kappa shape index (κ3) is 3.57. The van der Waals surface area contributed by atoms with Gasteiger partial charge in [0.15, 0.2) is 11.6 Å². The highest BCUT2D eigenvalue weighted by Gasteiger charge is 2.33. The molecule has 2 rings (SSSR count). The summed E-state index contributed by atoms with van der Waals surface area (Å²) in [7, 11) is -3.26. The van der Waals surface area contributed by atoms with Gasteiger partial charge in [-0.25, -0.2) is 17.8 Å². The van der Waals surface area contributed by atoms with E-state index in [0.717, 1.165) is 6.42 Å². The molecule has 22 heavy (non-hydrogen) atoms. The SMILES string of the molecule is CCCC(CC)S(=O)(=O)N1CCN(c2ncccc2F)CC1. The molecule has 1 atom stereocenters. The fourth-order valence-corrected chi connectivity index (χ4v) is 4.91. The van der Waals surface area contributed by atoms with Gasteiger partial charge < -0.3 is 4.90 Å². The van der Waals surface area contributed by atoms with Gasteiger partial charge >= 0.3 is 0 Å². The van der Waals surface area contributed by atoms with Crippen LogP contribution in [0.3, 0.4) is 0 Å². The van der Waals surface area contributed by atoms with Crippen LogP contribution in [0.2, 0.25) is 0 Å². The molecule has 1 unspecified atom stereocenters. The minimum atomic E-state index is -3.26. The zero-order chi connectivity index (χ0) is 16.2. The molecule has 1 saturated heterocycles. The highest BCUT2D eigenvalue weighted by molar-refractivity contribution is 7.89. The van der Waals surface area contributed by atoms with Crippen LogP contribution < -0.4 is 4.90 Å². The number of hydrogen-bond acceptors (Lipinski definition) is 4. The van der Waals surface area contributed by atoms with E-state index >= 15 is 0 Å². The summed E-state index contributed by atoms with van der Waals surface area (Å²) in [4.78, 5) is 5.86. The van der Waals surface area contributed by atoms with Gasteiger partial charge in [0.05, 0.1) is 5.25 Å². The van der Waals surface area contributed by atoms with Crippen molar-refractivity contribution in [1.82, 2.24) is 9.29 Å². The van der Waals surface area contributed by atoms with E-state index in [1.54, 1.807) is 16.6 Å².